The number of halogens is 7. The van der Waals surface area contributed by atoms with Gasteiger partial charge in [-0.2, -0.15) is 36.4 Å². The molecule has 2 rings (SSSR count). The molecule has 1 unspecified atom stereocenters. The lowest BCUT2D eigenvalue weighted by molar-refractivity contribution is -0.141. The first-order valence-corrected chi connectivity index (χ1v) is 8.94. The number of rotatable bonds is 7. The van der Waals surface area contributed by atoms with Gasteiger partial charge in [-0.1, -0.05) is 0 Å². The maximum absolute atomic E-state index is 12.7. The molecule has 2 aromatic rings. The maximum Gasteiger partial charge on any atom is 0.443 e. The zero-order valence-electron chi connectivity index (χ0n) is 14.4. The number of aromatic nitrogens is 3. The summed E-state index contributed by atoms with van der Waals surface area (Å²) in [6, 6.07) is 3.67. The van der Waals surface area contributed by atoms with Gasteiger partial charge < -0.3 is 9.47 Å². The average Bonchev–Trinajstić information content (AvgIpc) is 2.86. The van der Waals surface area contributed by atoms with E-state index in [4.69, 9.17) is 21.1 Å². The standard InChI is InChI=1S/C15H14ClF6N3O2S/c1-8-5-11(26-4-3-10(16)28-15(20,21)22)23-12(6-8)27-13-7-9(14(17,18)19)24-25(13)2/h5-7,10H,3-4H2,1-2H3. The summed E-state index contributed by atoms with van der Waals surface area (Å²) in [4.78, 5) is 3.97. The fraction of sp³-hybridized carbons (Fsp3) is 0.467. The summed E-state index contributed by atoms with van der Waals surface area (Å²) in [6.07, 6.45) is -4.73. The third kappa shape index (κ3) is 6.97. The SMILES string of the molecule is Cc1cc(OCCC(Cl)SC(F)(F)F)nc(Oc2cc(C(F)(F)F)nn2C)c1. The van der Waals surface area contributed by atoms with Crippen LogP contribution in [0.5, 0.6) is 17.6 Å². The molecule has 0 aromatic carbocycles. The van der Waals surface area contributed by atoms with Crippen molar-refractivity contribution >= 4 is 23.4 Å². The molecule has 5 nitrogen and oxygen atoms in total. The van der Waals surface area contributed by atoms with E-state index < -0.39 is 22.1 Å². The molecule has 0 spiro atoms. The number of hydrogen-bond acceptors (Lipinski definition) is 5. The van der Waals surface area contributed by atoms with Crippen LogP contribution in [0.15, 0.2) is 18.2 Å². The Morgan fingerprint density at radius 1 is 1.14 bits per heavy atom. The first kappa shape index (κ1) is 22.5. The molecular formula is C15H14ClF6N3O2S. The zero-order valence-corrected chi connectivity index (χ0v) is 16.0. The van der Waals surface area contributed by atoms with Crippen molar-refractivity contribution in [3.05, 3.63) is 29.5 Å². The lowest BCUT2D eigenvalue weighted by Crippen LogP contribution is -2.10. The van der Waals surface area contributed by atoms with Gasteiger partial charge in [0.25, 0.3) is 0 Å². The highest BCUT2D eigenvalue weighted by atomic mass is 35.5. The van der Waals surface area contributed by atoms with Gasteiger partial charge in [0.05, 0.1) is 11.3 Å². The Bertz CT molecular complexity index is 812. The largest absolute Gasteiger partial charge is 0.477 e. The summed E-state index contributed by atoms with van der Waals surface area (Å²) < 4.78 is 85.0. The second-order valence-corrected chi connectivity index (χ2v) is 7.58. The Morgan fingerprint density at radius 2 is 1.79 bits per heavy atom. The van der Waals surface area contributed by atoms with Crippen LogP contribution < -0.4 is 9.47 Å². The van der Waals surface area contributed by atoms with Crippen LogP contribution in [-0.4, -0.2) is 31.6 Å². The molecule has 2 aromatic heterocycles. The van der Waals surface area contributed by atoms with Gasteiger partial charge >= 0.3 is 11.7 Å². The Morgan fingerprint density at radius 3 is 2.36 bits per heavy atom. The second kappa shape index (κ2) is 8.68. The second-order valence-electron chi connectivity index (χ2n) is 5.52. The molecule has 13 heteroatoms. The third-order valence-corrected chi connectivity index (χ3v) is 4.36. The molecule has 0 aliphatic rings. The predicted octanol–water partition coefficient (Wildman–Crippen LogP) is 5.52. The van der Waals surface area contributed by atoms with E-state index >= 15 is 0 Å². The number of aryl methyl sites for hydroxylation is 2. The van der Waals surface area contributed by atoms with Crippen LogP contribution in [-0.2, 0) is 13.2 Å². The molecule has 0 amide bonds. The van der Waals surface area contributed by atoms with E-state index in [2.05, 4.69) is 10.1 Å². The van der Waals surface area contributed by atoms with Crippen molar-refractivity contribution < 1.29 is 35.8 Å². The van der Waals surface area contributed by atoms with E-state index in [0.29, 0.717) is 5.56 Å². The van der Waals surface area contributed by atoms with Crippen molar-refractivity contribution in [2.45, 2.75) is 29.7 Å². The minimum Gasteiger partial charge on any atom is -0.477 e. The van der Waals surface area contributed by atoms with Crippen LogP contribution in [0.1, 0.15) is 17.7 Å². The smallest absolute Gasteiger partial charge is 0.443 e. The monoisotopic (exact) mass is 449 g/mol. The highest BCUT2D eigenvalue weighted by molar-refractivity contribution is 8.01. The van der Waals surface area contributed by atoms with Crippen molar-refractivity contribution in [2.75, 3.05) is 6.61 Å². The molecule has 0 aliphatic heterocycles. The first-order valence-electron chi connectivity index (χ1n) is 7.62. The topological polar surface area (TPSA) is 49.2 Å². The van der Waals surface area contributed by atoms with E-state index in [-0.39, 0.29) is 42.4 Å². The number of nitrogens with zero attached hydrogens (tertiary/aromatic N) is 3. The molecule has 0 bridgehead atoms. The van der Waals surface area contributed by atoms with Crippen molar-refractivity contribution in [1.82, 2.24) is 14.8 Å². The molecular weight excluding hydrogens is 436 g/mol. The Balaban J connectivity index is 2.03. The van der Waals surface area contributed by atoms with Gasteiger partial charge in [0.2, 0.25) is 17.6 Å². The van der Waals surface area contributed by atoms with Crippen molar-refractivity contribution in [3.8, 4) is 17.6 Å². The van der Waals surface area contributed by atoms with Gasteiger partial charge in [0.15, 0.2) is 5.69 Å². The molecule has 0 radical (unpaired) electrons. The summed E-state index contributed by atoms with van der Waals surface area (Å²) in [5, 5.41) is 3.32. The predicted molar refractivity (Wildman–Crippen MR) is 90.7 cm³/mol. The fourth-order valence-corrected chi connectivity index (χ4v) is 2.88. The maximum atomic E-state index is 12.7. The molecule has 0 saturated heterocycles. The van der Waals surface area contributed by atoms with Crippen LogP contribution >= 0.6 is 23.4 Å². The summed E-state index contributed by atoms with van der Waals surface area (Å²) in [7, 11) is 1.27. The van der Waals surface area contributed by atoms with Crippen LogP contribution in [0.25, 0.3) is 0 Å². The Kier molecular flexibility index (Phi) is 6.97. The molecule has 28 heavy (non-hydrogen) atoms. The third-order valence-electron chi connectivity index (χ3n) is 3.12. The van der Waals surface area contributed by atoms with Crippen LogP contribution in [0.4, 0.5) is 26.3 Å². The first-order chi connectivity index (χ1) is 12.8. The quantitative estimate of drug-likeness (QED) is 0.411. The van der Waals surface area contributed by atoms with Gasteiger partial charge in [0, 0.05) is 31.7 Å². The van der Waals surface area contributed by atoms with E-state index in [1.807, 2.05) is 0 Å². The van der Waals surface area contributed by atoms with E-state index in [1.54, 1.807) is 6.92 Å². The van der Waals surface area contributed by atoms with Gasteiger partial charge in [-0.25, -0.2) is 4.68 Å². The van der Waals surface area contributed by atoms with Gasteiger partial charge in [-0.05, 0) is 24.2 Å². The molecule has 0 N–H and O–H groups in total. The number of hydrogen-bond donors (Lipinski definition) is 0. The molecule has 0 aliphatic carbocycles. The minimum absolute atomic E-state index is 0.0362. The van der Waals surface area contributed by atoms with E-state index in [9.17, 15) is 26.3 Å². The summed E-state index contributed by atoms with van der Waals surface area (Å²) in [5.74, 6) is -0.216. The average molecular weight is 450 g/mol. The minimum atomic E-state index is -4.62. The van der Waals surface area contributed by atoms with E-state index in [0.717, 1.165) is 10.7 Å². The Labute approximate surface area is 165 Å². The highest BCUT2D eigenvalue weighted by Crippen LogP contribution is 2.37. The fourth-order valence-electron chi connectivity index (χ4n) is 1.98. The van der Waals surface area contributed by atoms with Crippen LogP contribution in [0.2, 0.25) is 0 Å². The van der Waals surface area contributed by atoms with Gasteiger partial charge in [0.1, 0.15) is 0 Å². The summed E-state index contributed by atoms with van der Waals surface area (Å²) >= 11 is 5.22. The number of thioether (sulfide) groups is 1. The number of pyridine rings is 1. The highest BCUT2D eigenvalue weighted by Gasteiger charge is 2.35. The molecule has 2 heterocycles. The lowest BCUT2D eigenvalue weighted by Gasteiger charge is -2.13. The van der Waals surface area contributed by atoms with Crippen LogP contribution in [0.3, 0.4) is 0 Å². The number of ether oxygens (including phenoxy) is 2. The van der Waals surface area contributed by atoms with Gasteiger partial charge in [-0.3, -0.25) is 0 Å². The van der Waals surface area contributed by atoms with Gasteiger partial charge in [-0.15, -0.1) is 11.6 Å². The summed E-state index contributed by atoms with van der Waals surface area (Å²) in [5.41, 5.74) is -4.96. The van der Waals surface area contributed by atoms with Crippen molar-refractivity contribution in [2.24, 2.45) is 7.05 Å². The lowest BCUT2D eigenvalue weighted by atomic mass is 10.3. The van der Waals surface area contributed by atoms with E-state index in [1.165, 1.54) is 19.2 Å². The molecule has 156 valence electrons. The molecule has 0 fully saturated rings. The number of alkyl halides is 7. The Hall–Kier alpha value is -1.82. The van der Waals surface area contributed by atoms with Crippen molar-refractivity contribution in [3.63, 3.8) is 0 Å². The van der Waals surface area contributed by atoms with Crippen LogP contribution in [0, 0.1) is 6.92 Å². The molecule has 0 saturated carbocycles. The zero-order chi connectivity index (χ0) is 21.1. The summed E-state index contributed by atoms with van der Waals surface area (Å²) in [6.45, 7) is 1.52. The van der Waals surface area contributed by atoms with Crippen molar-refractivity contribution in [1.29, 1.82) is 0 Å². The molecule has 1 atom stereocenters. The normalized spacial score (nSPS) is 13.5.